The SMILES string of the molecule is COC(=O)[C@@H]1C[C@H](Oc2cccc(B3OC(C)(C)C(C)(C)O3)c2)CN1C(=O)c1cnc(-c2ccc(F)cc2F)n1C. The highest BCUT2D eigenvalue weighted by Gasteiger charge is 2.52. The number of hydrogen-bond donors (Lipinski definition) is 0. The molecular weight excluding hydrogens is 535 g/mol. The Balaban J connectivity index is 1.35. The van der Waals surface area contributed by atoms with Gasteiger partial charge in [-0.2, -0.15) is 0 Å². The van der Waals surface area contributed by atoms with E-state index in [0.717, 1.165) is 17.6 Å². The van der Waals surface area contributed by atoms with Gasteiger partial charge in [-0.3, -0.25) is 4.79 Å². The van der Waals surface area contributed by atoms with Crippen LogP contribution in [0.5, 0.6) is 5.75 Å². The van der Waals surface area contributed by atoms with Crippen LogP contribution in [0, 0.1) is 11.6 Å². The molecule has 3 heterocycles. The van der Waals surface area contributed by atoms with Crippen molar-refractivity contribution in [3.8, 4) is 17.1 Å². The normalized spacial score (nSPS) is 21.3. The maximum atomic E-state index is 14.4. The number of rotatable bonds is 6. The summed E-state index contributed by atoms with van der Waals surface area (Å²) in [4.78, 5) is 31.9. The van der Waals surface area contributed by atoms with Gasteiger partial charge in [-0.05, 0) is 57.4 Å². The summed E-state index contributed by atoms with van der Waals surface area (Å²) < 4.78 is 52.8. The lowest BCUT2D eigenvalue weighted by atomic mass is 9.79. The first kappa shape index (κ1) is 28.8. The number of carbonyl (C=O) groups is 2. The molecule has 2 atom stereocenters. The number of benzene rings is 2. The van der Waals surface area contributed by atoms with Crippen LogP contribution >= 0.6 is 0 Å². The first-order valence-electron chi connectivity index (χ1n) is 13.3. The molecule has 5 rings (SSSR count). The summed E-state index contributed by atoms with van der Waals surface area (Å²) in [6.45, 7) is 8.01. The van der Waals surface area contributed by atoms with Gasteiger partial charge in [0, 0.05) is 19.5 Å². The molecule has 41 heavy (non-hydrogen) atoms. The first-order valence-corrected chi connectivity index (χ1v) is 13.3. The second-order valence-electron chi connectivity index (χ2n) is 11.3. The molecule has 0 radical (unpaired) electrons. The van der Waals surface area contributed by atoms with Gasteiger partial charge >= 0.3 is 13.1 Å². The summed E-state index contributed by atoms with van der Waals surface area (Å²) >= 11 is 0. The Morgan fingerprint density at radius 2 is 1.78 bits per heavy atom. The third kappa shape index (κ3) is 5.33. The molecule has 0 saturated carbocycles. The van der Waals surface area contributed by atoms with Crippen LogP contribution in [0.25, 0.3) is 11.4 Å². The number of amides is 1. The summed E-state index contributed by atoms with van der Waals surface area (Å²) in [6.07, 6.45) is 0.992. The lowest BCUT2D eigenvalue weighted by molar-refractivity contribution is -0.145. The highest BCUT2D eigenvalue weighted by molar-refractivity contribution is 6.62. The number of carbonyl (C=O) groups excluding carboxylic acids is 2. The molecule has 3 aromatic rings. The quantitative estimate of drug-likeness (QED) is 0.333. The van der Waals surface area contributed by atoms with Crippen LogP contribution in [0.2, 0.25) is 0 Å². The van der Waals surface area contributed by atoms with Crippen LogP contribution in [0.3, 0.4) is 0 Å². The summed E-state index contributed by atoms with van der Waals surface area (Å²) in [7, 11) is 2.24. The Morgan fingerprint density at radius 1 is 1.07 bits per heavy atom. The van der Waals surface area contributed by atoms with E-state index in [1.807, 2.05) is 45.9 Å². The summed E-state index contributed by atoms with van der Waals surface area (Å²) in [6, 6.07) is 9.56. The molecule has 1 aromatic heterocycles. The summed E-state index contributed by atoms with van der Waals surface area (Å²) in [5.74, 6) is -1.92. The van der Waals surface area contributed by atoms with Gasteiger partial charge in [0.05, 0.1) is 36.6 Å². The smallest absolute Gasteiger partial charge is 0.489 e. The molecule has 0 spiro atoms. The van der Waals surface area contributed by atoms with Crippen molar-refractivity contribution in [2.24, 2.45) is 7.05 Å². The fraction of sp³-hybridized carbons (Fsp3) is 0.414. The number of likely N-dealkylation sites (tertiary alicyclic amines) is 1. The third-order valence-corrected chi connectivity index (χ3v) is 8.06. The highest BCUT2D eigenvalue weighted by Crippen LogP contribution is 2.37. The van der Waals surface area contributed by atoms with Crippen LogP contribution < -0.4 is 10.2 Å². The second kappa shape index (κ2) is 10.6. The molecule has 0 aliphatic carbocycles. The van der Waals surface area contributed by atoms with Crippen LogP contribution in [0.4, 0.5) is 8.78 Å². The van der Waals surface area contributed by atoms with Gasteiger partial charge in [-0.1, -0.05) is 12.1 Å². The van der Waals surface area contributed by atoms with Gasteiger partial charge in [0.15, 0.2) is 0 Å². The van der Waals surface area contributed by atoms with Gasteiger partial charge < -0.3 is 28.2 Å². The van der Waals surface area contributed by atoms with Crippen molar-refractivity contribution in [1.82, 2.24) is 14.5 Å². The fourth-order valence-corrected chi connectivity index (χ4v) is 5.05. The molecule has 9 nitrogen and oxygen atoms in total. The van der Waals surface area contributed by atoms with Crippen molar-refractivity contribution in [2.75, 3.05) is 13.7 Å². The number of imidazole rings is 1. The Hall–Kier alpha value is -3.77. The van der Waals surface area contributed by atoms with E-state index in [1.165, 1.54) is 28.8 Å². The topological polar surface area (TPSA) is 92.1 Å². The van der Waals surface area contributed by atoms with Gasteiger partial charge in [0.25, 0.3) is 5.91 Å². The van der Waals surface area contributed by atoms with E-state index < -0.39 is 54.0 Å². The molecule has 0 unspecified atom stereocenters. The minimum atomic E-state index is -0.898. The Labute approximate surface area is 237 Å². The number of aromatic nitrogens is 2. The molecule has 0 N–H and O–H groups in total. The van der Waals surface area contributed by atoms with Crippen LogP contribution in [0.1, 0.15) is 44.6 Å². The number of halogens is 2. The van der Waals surface area contributed by atoms with Gasteiger partial charge in [0.2, 0.25) is 0 Å². The Kier molecular flexibility index (Phi) is 7.41. The highest BCUT2D eigenvalue weighted by atomic mass is 19.1. The molecular formula is C29H32BF2N3O6. The zero-order valence-corrected chi connectivity index (χ0v) is 23.8. The van der Waals surface area contributed by atoms with Crippen LogP contribution in [-0.4, -0.2) is 70.4 Å². The molecule has 1 amide bonds. The van der Waals surface area contributed by atoms with Crippen molar-refractivity contribution >= 4 is 24.5 Å². The molecule has 2 saturated heterocycles. The van der Waals surface area contributed by atoms with Crippen molar-refractivity contribution in [3.05, 3.63) is 66.0 Å². The fourth-order valence-electron chi connectivity index (χ4n) is 5.05. The number of esters is 1. The number of ether oxygens (including phenoxy) is 2. The van der Waals surface area contributed by atoms with E-state index in [-0.39, 0.29) is 30.0 Å². The molecule has 2 aliphatic rings. The molecule has 2 aromatic carbocycles. The number of nitrogens with zero attached hydrogens (tertiary/aromatic N) is 3. The summed E-state index contributed by atoms with van der Waals surface area (Å²) in [5.41, 5.74) is -0.0409. The van der Waals surface area contributed by atoms with Crippen molar-refractivity contribution in [2.45, 2.75) is 57.5 Å². The molecule has 2 aliphatic heterocycles. The molecule has 2 fully saturated rings. The van der Waals surface area contributed by atoms with Crippen molar-refractivity contribution < 1.29 is 37.2 Å². The molecule has 216 valence electrons. The Bertz CT molecular complexity index is 1480. The van der Waals surface area contributed by atoms with E-state index in [2.05, 4.69) is 4.98 Å². The van der Waals surface area contributed by atoms with E-state index in [0.29, 0.717) is 5.75 Å². The van der Waals surface area contributed by atoms with Gasteiger partial charge in [0.1, 0.15) is 41.0 Å². The van der Waals surface area contributed by atoms with Gasteiger partial charge in [-0.15, -0.1) is 0 Å². The van der Waals surface area contributed by atoms with Gasteiger partial charge in [-0.25, -0.2) is 18.6 Å². The second-order valence-corrected chi connectivity index (χ2v) is 11.3. The molecule has 12 heteroatoms. The largest absolute Gasteiger partial charge is 0.494 e. The maximum Gasteiger partial charge on any atom is 0.494 e. The zero-order valence-electron chi connectivity index (χ0n) is 23.8. The van der Waals surface area contributed by atoms with E-state index in [9.17, 15) is 18.4 Å². The lowest BCUT2D eigenvalue weighted by Gasteiger charge is -2.32. The van der Waals surface area contributed by atoms with E-state index in [4.69, 9.17) is 18.8 Å². The predicted molar refractivity (Wildman–Crippen MR) is 147 cm³/mol. The zero-order chi connectivity index (χ0) is 29.7. The van der Waals surface area contributed by atoms with E-state index in [1.54, 1.807) is 13.1 Å². The van der Waals surface area contributed by atoms with Crippen molar-refractivity contribution in [1.29, 1.82) is 0 Å². The lowest BCUT2D eigenvalue weighted by Crippen LogP contribution is -2.42. The first-order chi connectivity index (χ1) is 19.3. The van der Waals surface area contributed by atoms with Crippen molar-refractivity contribution in [3.63, 3.8) is 0 Å². The average Bonchev–Trinajstić information content (AvgIpc) is 3.56. The van der Waals surface area contributed by atoms with Crippen LogP contribution in [-0.2, 0) is 25.9 Å². The third-order valence-electron chi connectivity index (χ3n) is 8.06. The minimum Gasteiger partial charge on any atom is -0.489 e. The number of hydrogen-bond acceptors (Lipinski definition) is 7. The number of methoxy groups -OCH3 is 1. The van der Waals surface area contributed by atoms with E-state index >= 15 is 0 Å². The molecule has 0 bridgehead atoms. The minimum absolute atomic E-state index is 0.0435. The summed E-state index contributed by atoms with van der Waals surface area (Å²) in [5, 5.41) is 0. The van der Waals surface area contributed by atoms with Crippen LogP contribution in [0.15, 0.2) is 48.7 Å². The maximum absolute atomic E-state index is 14.4. The predicted octanol–water partition coefficient (Wildman–Crippen LogP) is 3.50. The monoisotopic (exact) mass is 567 g/mol. The Morgan fingerprint density at radius 3 is 2.44 bits per heavy atom. The average molecular weight is 567 g/mol. The standard InChI is InChI=1S/C29H32BF2N3O6/c1-28(2)29(3,4)41-30(40-28)17-8-7-9-19(12-17)39-20-14-23(27(37)38-6)35(16-20)26(36)24-15-33-25(34(24)5)21-11-10-18(31)13-22(21)32/h7-13,15,20,23H,14,16H2,1-6H3/t20-,23-/m0/s1.